The third kappa shape index (κ3) is 11.1. The number of thiocarbonyl (C=S) groups is 1. The smallest absolute Gasteiger partial charge is 0.307 e. The molecule has 0 aromatic carbocycles. The average molecular weight is 389 g/mol. The van der Waals surface area contributed by atoms with Gasteiger partial charge in [-0.1, -0.05) is 65.1 Å². The van der Waals surface area contributed by atoms with Crippen molar-refractivity contribution < 1.29 is 14.4 Å². The van der Waals surface area contributed by atoms with E-state index in [9.17, 15) is 14.4 Å². The number of hydrazine groups is 1. The van der Waals surface area contributed by atoms with Gasteiger partial charge in [-0.2, -0.15) is 0 Å². The van der Waals surface area contributed by atoms with Crippen molar-refractivity contribution in [2.45, 2.75) is 78.2 Å². The number of Topliss-reactive ketones (excluding diaryl/α,β-unsaturated/α-hetero) is 1. The van der Waals surface area contributed by atoms with Crippen LogP contribution in [0.5, 0.6) is 0 Å². The lowest BCUT2D eigenvalue weighted by atomic mass is 9.88. The highest BCUT2D eigenvalue weighted by Crippen LogP contribution is 2.23. The number of hydrogen-bond donors (Lipinski definition) is 4. The van der Waals surface area contributed by atoms with Crippen molar-refractivity contribution in [3.05, 3.63) is 0 Å². The molecule has 0 radical (unpaired) electrons. The quantitative estimate of drug-likeness (QED) is 0.273. The van der Waals surface area contributed by atoms with Gasteiger partial charge in [-0.3, -0.25) is 25.2 Å². The Labute approximate surface area is 163 Å². The van der Waals surface area contributed by atoms with E-state index < -0.39 is 17.7 Å². The second-order valence-electron chi connectivity index (χ2n) is 5.62. The molecule has 7 nitrogen and oxygen atoms in total. The minimum absolute atomic E-state index is 0.0344. The third-order valence-electron chi connectivity index (χ3n) is 3.92. The van der Waals surface area contributed by atoms with E-state index in [-0.39, 0.29) is 11.8 Å². The summed E-state index contributed by atoms with van der Waals surface area (Å²) in [7, 11) is 1.50. The molecule has 5 N–H and O–H groups in total. The Bertz CT molecular complexity index is 413. The first kappa shape index (κ1) is 26.7. The van der Waals surface area contributed by atoms with Crippen molar-refractivity contribution in [2.75, 3.05) is 7.05 Å². The Morgan fingerprint density at radius 3 is 2.23 bits per heavy atom. The molecule has 1 atom stereocenters. The van der Waals surface area contributed by atoms with Gasteiger partial charge >= 0.3 is 5.91 Å². The first-order valence-corrected chi connectivity index (χ1v) is 9.98. The molecule has 1 saturated carbocycles. The Balaban J connectivity index is 0. The van der Waals surface area contributed by atoms with Crippen LogP contribution in [0.15, 0.2) is 0 Å². The summed E-state index contributed by atoms with van der Waals surface area (Å²) in [5.41, 5.74) is 10.1. The molecule has 0 spiro atoms. The lowest BCUT2D eigenvalue weighted by Gasteiger charge is -2.24. The highest BCUT2D eigenvalue weighted by atomic mass is 32.1. The van der Waals surface area contributed by atoms with Gasteiger partial charge in [0, 0.05) is 5.92 Å². The van der Waals surface area contributed by atoms with Crippen LogP contribution >= 0.6 is 12.2 Å². The molecule has 152 valence electrons. The fourth-order valence-electron chi connectivity index (χ4n) is 2.65. The van der Waals surface area contributed by atoms with Crippen LogP contribution in [0.25, 0.3) is 0 Å². The van der Waals surface area contributed by atoms with E-state index in [0.717, 1.165) is 50.4 Å². The Morgan fingerprint density at radius 2 is 1.73 bits per heavy atom. The van der Waals surface area contributed by atoms with Crippen LogP contribution in [0.1, 0.15) is 72.1 Å². The molecule has 0 heterocycles. The zero-order valence-electron chi connectivity index (χ0n) is 16.6. The fraction of sp³-hybridized carbons (Fsp3) is 0.778. The largest absolute Gasteiger partial charge is 0.345 e. The number of ketones is 1. The molecule has 0 bridgehead atoms. The van der Waals surface area contributed by atoms with Crippen molar-refractivity contribution in [1.29, 1.82) is 0 Å². The Morgan fingerprint density at radius 1 is 1.15 bits per heavy atom. The van der Waals surface area contributed by atoms with Gasteiger partial charge in [0.1, 0.15) is 0 Å². The topological polar surface area (TPSA) is 113 Å². The van der Waals surface area contributed by atoms with Crippen LogP contribution in [-0.2, 0) is 14.4 Å². The molecule has 1 rings (SSSR count). The zero-order chi connectivity index (χ0) is 20.4. The van der Waals surface area contributed by atoms with Crippen LogP contribution in [0.2, 0.25) is 0 Å². The molecule has 1 aliphatic carbocycles. The van der Waals surface area contributed by atoms with Crippen LogP contribution in [0.3, 0.4) is 0 Å². The molecular weight excluding hydrogens is 352 g/mol. The number of amides is 2. The van der Waals surface area contributed by atoms with Gasteiger partial charge in [-0.15, -0.1) is 0 Å². The van der Waals surface area contributed by atoms with Crippen molar-refractivity contribution in [3.63, 3.8) is 0 Å². The highest BCUT2D eigenvalue weighted by molar-refractivity contribution is 7.78. The average Bonchev–Trinajstić information content (AvgIpc) is 2.72. The zero-order valence-corrected chi connectivity index (χ0v) is 17.4. The van der Waals surface area contributed by atoms with E-state index in [1.54, 1.807) is 0 Å². The van der Waals surface area contributed by atoms with E-state index in [0.29, 0.717) is 6.42 Å². The summed E-state index contributed by atoms with van der Waals surface area (Å²) in [4.78, 5) is 36.2. The van der Waals surface area contributed by atoms with Crippen molar-refractivity contribution in [2.24, 2.45) is 11.7 Å². The normalized spacial score (nSPS) is 14.3. The van der Waals surface area contributed by atoms with Crippen LogP contribution < -0.4 is 21.9 Å². The van der Waals surface area contributed by atoms with E-state index in [4.69, 9.17) is 0 Å². The number of rotatable bonds is 9. The number of carbonyl (C=O) groups excluding carboxylic acids is 3. The number of unbranched alkanes of at least 4 members (excludes halogenated alkanes) is 1. The van der Waals surface area contributed by atoms with Gasteiger partial charge in [-0.05, 0) is 26.3 Å². The molecule has 8 heteroatoms. The van der Waals surface area contributed by atoms with Crippen molar-refractivity contribution in [3.8, 4) is 0 Å². The number of carbonyl (C=O) groups is 3. The van der Waals surface area contributed by atoms with Gasteiger partial charge < -0.3 is 11.1 Å². The summed E-state index contributed by atoms with van der Waals surface area (Å²) in [5.74, 6) is -1.56. The van der Waals surface area contributed by atoms with E-state index in [2.05, 4.69) is 34.1 Å². The van der Waals surface area contributed by atoms with Gasteiger partial charge in [0.25, 0.3) is 0 Å². The third-order valence-corrected chi connectivity index (χ3v) is 4.04. The van der Waals surface area contributed by atoms with Crippen LogP contribution in [0, 0.1) is 5.92 Å². The highest BCUT2D eigenvalue weighted by Gasteiger charge is 2.29. The van der Waals surface area contributed by atoms with Gasteiger partial charge in [0.2, 0.25) is 11.7 Å². The summed E-state index contributed by atoms with van der Waals surface area (Å²) in [5, 5.41) is 2.77. The molecule has 26 heavy (non-hydrogen) atoms. The summed E-state index contributed by atoms with van der Waals surface area (Å²) in [6.07, 6.45) is 7.11. The predicted molar refractivity (Wildman–Crippen MR) is 109 cm³/mol. The lowest BCUT2D eigenvalue weighted by Crippen LogP contribution is -2.51. The first-order valence-electron chi connectivity index (χ1n) is 9.51. The van der Waals surface area contributed by atoms with Gasteiger partial charge in [-0.25, -0.2) is 0 Å². The molecular formula is C18H36N4O3S. The van der Waals surface area contributed by atoms with Gasteiger partial charge in [0.15, 0.2) is 0 Å². The summed E-state index contributed by atoms with van der Waals surface area (Å²) in [6.45, 7) is 6.00. The lowest BCUT2D eigenvalue weighted by molar-refractivity contribution is -0.141. The first-order chi connectivity index (χ1) is 12.6. The second-order valence-corrected chi connectivity index (χ2v) is 5.85. The summed E-state index contributed by atoms with van der Waals surface area (Å²) < 4.78 is 0. The Hall–Kier alpha value is -1.54. The van der Waals surface area contributed by atoms with Gasteiger partial charge in [0.05, 0.1) is 11.5 Å². The van der Waals surface area contributed by atoms with Crippen LogP contribution in [0.4, 0.5) is 0 Å². The van der Waals surface area contributed by atoms with E-state index in [1.165, 1.54) is 7.05 Å². The number of nitrogens with two attached hydrogens (primary N) is 1. The van der Waals surface area contributed by atoms with Crippen molar-refractivity contribution >= 4 is 35.3 Å². The fourth-order valence-corrected chi connectivity index (χ4v) is 2.71. The molecule has 1 aliphatic rings. The molecule has 0 aromatic heterocycles. The molecule has 0 saturated heterocycles. The molecule has 0 aromatic rings. The van der Waals surface area contributed by atoms with Crippen LogP contribution in [-0.4, -0.2) is 36.2 Å². The molecule has 2 amide bonds. The monoisotopic (exact) mass is 388 g/mol. The molecule has 1 fully saturated rings. The minimum atomic E-state index is -0.786. The maximum absolute atomic E-state index is 12.3. The minimum Gasteiger partial charge on any atom is -0.345 e. The van der Waals surface area contributed by atoms with Crippen molar-refractivity contribution in [1.82, 2.24) is 16.2 Å². The standard InChI is InChI=1S/C15H25N3O3S.C2H6.CH5N/c1-2-3-9-12(13(19)15(21)18-16-10-22)17-14(20)11-7-5-4-6-8-11;2*1-2/h10-12H,2-9H2,1H3,(H,16,22)(H,17,20)(H,18,21);1-2H3;2H2,1H3/t12-;;/m0../s1. The van der Waals surface area contributed by atoms with E-state index in [1.807, 2.05) is 20.8 Å². The molecule has 0 unspecified atom stereocenters. The number of hydrogen-bond acceptors (Lipinski definition) is 5. The maximum atomic E-state index is 12.3. The summed E-state index contributed by atoms with van der Waals surface area (Å²) in [6, 6.07) is -0.763. The predicted octanol–water partition coefficient (Wildman–Crippen LogP) is 1.99. The maximum Gasteiger partial charge on any atom is 0.307 e. The second kappa shape index (κ2) is 18.3. The number of nitrogens with one attached hydrogen (secondary N) is 3. The summed E-state index contributed by atoms with van der Waals surface area (Å²) >= 11 is 4.52. The SMILES string of the molecule is CC.CCCC[C@H](NC(=O)C1CCCCC1)C(=O)C(=O)NNC=S.CN. The van der Waals surface area contributed by atoms with E-state index >= 15 is 0 Å². The Kier molecular flexibility index (Phi) is 18.7. The molecule has 0 aliphatic heterocycles.